The Labute approximate surface area is 106 Å². The minimum Gasteiger partial charge on any atom is -0.477 e. The molecule has 1 aliphatic rings. The fraction of sp³-hybridized carbons (Fsp3) is 0.545. The Bertz CT molecular complexity index is 421. The van der Waals surface area contributed by atoms with Crippen molar-refractivity contribution in [1.82, 2.24) is 0 Å². The van der Waals surface area contributed by atoms with E-state index >= 15 is 0 Å². The third-order valence-corrected chi connectivity index (χ3v) is 4.97. The van der Waals surface area contributed by atoms with Crippen molar-refractivity contribution in [3.8, 4) is 0 Å². The predicted octanol–water partition coefficient (Wildman–Crippen LogP) is 1.87. The monoisotopic (exact) mass is 274 g/mol. The summed E-state index contributed by atoms with van der Waals surface area (Å²) < 4.78 is 17.3. The second-order valence-corrected chi connectivity index (χ2v) is 6.38. The Balaban J connectivity index is 1.93. The van der Waals surface area contributed by atoms with Gasteiger partial charge >= 0.3 is 5.97 Å². The predicted molar refractivity (Wildman–Crippen MR) is 67.0 cm³/mol. The summed E-state index contributed by atoms with van der Waals surface area (Å²) in [4.78, 5) is 11.2. The molecule has 0 radical (unpaired) electrons. The normalized spacial score (nSPS) is 21.5. The minimum absolute atomic E-state index is 0.0859. The first-order valence-electron chi connectivity index (χ1n) is 5.43. The molecule has 2 atom stereocenters. The van der Waals surface area contributed by atoms with Gasteiger partial charge in [0.1, 0.15) is 4.88 Å². The lowest BCUT2D eigenvalue weighted by Gasteiger charge is -2.08. The molecule has 1 aliphatic heterocycles. The van der Waals surface area contributed by atoms with Gasteiger partial charge in [-0.25, -0.2) is 4.79 Å². The third kappa shape index (κ3) is 3.37. The standard InChI is InChI=1S/C11H14O4S2/c12-11(13)10-8(3-5-16-10)6-17(14)7-9-2-1-4-15-9/h3,5,9H,1-2,4,6-7H2,(H,12,13). The van der Waals surface area contributed by atoms with E-state index in [2.05, 4.69) is 0 Å². The van der Waals surface area contributed by atoms with Crippen LogP contribution < -0.4 is 0 Å². The summed E-state index contributed by atoms with van der Waals surface area (Å²) in [6, 6.07) is 1.74. The largest absolute Gasteiger partial charge is 0.477 e. The van der Waals surface area contributed by atoms with Crippen LogP contribution in [0.15, 0.2) is 11.4 Å². The van der Waals surface area contributed by atoms with E-state index < -0.39 is 16.8 Å². The highest BCUT2D eigenvalue weighted by Crippen LogP contribution is 2.20. The molecule has 2 heterocycles. The summed E-state index contributed by atoms with van der Waals surface area (Å²) in [5.41, 5.74) is 0.666. The molecule has 2 rings (SSSR count). The molecule has 0 saturated carbocycles. The molecule has 6 heteroatoms. The Morgan fingerprint density at radius 2 is 2.47 bits per heavy atom. The lowest BCUT2D eigenvalue weighted by Crippen LogP contribution is -2.17. The zero-order chi connectivity index (χ0) is 12.3. The highest BCUT2D eigenvalue weighted by molar-refractivity contribution is 7.84. The highest BCUT2D eigenvalue weighted by Gasteiger charge is 2.20. The van der Waals surface area contributed by atoms with Crippen LogP contribution in [0.5, 0.6) is 0 Å². The van der Waals surface area contributed by atoms with E-state index in [-0.39, 0.29) is 6.10 Å². The van der Waals surface area contributed by atoms with E-state index in [0.717, 1.165) is 19.4 Å². The van der Waals surface area contributed by atoms with Gasteiger partial charge in [-0.05, 0) is 29.9 Å². The van der Waals surface area contributed by atoms with Gasteiger partial charge in [-0.3, -0.25) is 4.21 Å². The maximum Gasteiger partial charge on any atom is 0.346 e. The van der Waals surface area contributed by atoms with E-state index in [4.69, 9.17) is 9.84 Å². The number of carbonyl (C=O) groups is 1. The molecular formula is C11H14O4S2. The number of aromatic carboxylic acids is 1. The molecule has 1 N–H and O–H groups in total. The van der Waals surface area contributed by atoms with E-state index in [9.17, 15) is 9.00 Å². The van der Waals surface area contributed by atoms with Gasteiger partial charge in [-0.1, -0.05) is 0 Å². The lowest BCUT2D eigenvalue weighted by molar-refractivity contribution is 0.0701. The summed E-state index contributed by atoms with van der Waals surface area (Å²) in [6.45, 7) is 0.751. The van der Waals surface area contributed by atoms with Crippen LogP contribution in [0.2, 0.25) is 0 Å². The minimum atomic E-state index is -1.05. The number of ether oxygens (including phenoxy) is 1. The fourth-order valence-corrected chi connectivity index (χ4v) is 4.09. The summed E-state index contributed by atoms with van der Waals surface area (Å²) >= 11 is 1.18. The molecule has 1 aromatic rings. The molecule has 4 nitrogen and oxygen atoms in total. The van der Waals surface area contributed by atoms with Crippen molar-refractivity contribution in [2.24, 2.45) is 0 Å². The quantitative estimate of drug-likeness (QED) is 0.890. The number of carboxylic acids is 1. The number of hydrogen-bond acceptors (Lipinski definition) is 4. The maximum absolute atomic E-state index is 11.9. The van der Waals surface area contributed by atoms with Crippen LogP contribution in [0.4, 0.5) is 0 Å². The van der Waals surface area contributed by atoms with Crippen molar-refractivity contribution >= 4 is 28.1 Å². The van der Waals surface area contributed by atoms with Crippen molar-refractivity contribution < 1.29 is 18.8 Å². The number of rotatable bonds is 5. The van der Waals surface area contributed by atoms with Crippen LogP contribution >= 0.6 is 11.3 Å². The van der Waals surface area contributed by atoms with Gasteiger partial charge in [0.2, 0.25) is 0 Å². The van der Waals surface area contributed by atoms with Crippen LogP contribution in [0, 0.1) is 0 Å². The average molecular weight is 274 g/mol. The van der Waals surface area contributed by atoms with Gasteiger partial charge in [0, 0.05) is 17.4 Å². The Morgan fingerprint density at radius 1 is 1.65 bits per heavy atom. The topological polar surface area (TPSA) is 63.6 Å². The molecule has 0 aromatic carbocycles. The Kier molecular flexibility index (Phi) is 4.31. The van der Waals surface area contributed by atoms with E-state index in [1.807, 2.05) is 0 Å². The summed E-state index contributed by atoms with van der Waals surface area (Å²) in [5, 5.41) is 10.7. The van der Waals surface area contributed by atoms with Gasteiger partial charge < -0.3 is 9.84 Å². The molecule has 0 bridgehead atoms. The number of carboxylic acid groups (broad SMARTS) is 1. The van der Waals surface area contributed by atoms with Crippen LogP contribution in [-0.4, -0.2) is 33.7 Å². The molecule has 17 heavy (non-hydrogen) atoms. The van der Waals surface area contributed by atoms with Crippen molar-refractivity contribution in [2.45, 2.75) is 24.7 Å². The summed E-state index contributed by atoms with van der Waals surface area (Å²) in [7, 11) is -1.05. The molecule has 0 amide bonds. The molecule has 1 saturated heterocycles. The van der Waals surface area contributed by atoms with Gasteiger partial charge in [0.05, 0.1) is 17.6 Å². The second kappa shape index (κ2) is 5.75. The summed E-state index contributed by atoms with van der Waals surface area (Å²) in [6.07, 6.45) is 2.07. The molecule has 1 aromatic heterocycles. The maximum atomic E-state index is 11.9. The van der Waals surface area contributed by atoms with E-state index in [1.165, 1.54) is 11.3 Å². The first-order chi connectivity index (χ1) is 8.16. The van der Waals surface area contributed by atoms with Crippen molar-refractivity contribution in [3.05, 3.63) is 21.9 Å². The van der Waals surface area contributed by atoms with Gasteiger partial charge in [0.25, 0.3) is 0 Å². The van der Waals surface area contributed by atoms with Gasteiger partial charge in [-0.2, -0.15) is 0 Å². The average Bonchev–Trinajstić information content (AvgIpc) is 2.88. The molecule has 0 aliphatic carbocycles. The summed E-state index contributed by atoms with van der Waals surface area (Å²) in [5.74, 6) is -0.121. The lowest BCUT2D eigenvalue weighted by atomic mass is 10.3. The first-order valence-corrected chi connectivity index (χ1v) is 7.80. The SMILES string of the molecule is O=C(O)c1sccc1CS(=O)CC1CCCO1. The van der Waals surface area contributed by atoms with Gasteiger partial charge in [0.15, 0.2) is 0 Å². The van der Waals surface area contributed by atoms with Crippen molar-refractivity contribution in [1.29, 1.82) is 0 Å². The van der Waals surface area contributed by atoms with Crippen LogP contribution in [0.3, 0.4) is 0 Å². The highest BCUT2D eigenvalue weighted by atomic mass is 32.2. The smallest absolute Gasteiger partial charge is 0.346 e. The second-order valence-electron chi connectivity index (χ2n) is 3.97. The molecular weight excluding hydrogens is 260 g/mol. The number of thiophene rings is 1. The van der Waals surface area contributed by atoms with Crippen LogP contribution in [0.25, 0.3) is 0 Å². The zero-order valence-electron chi connectivity index (χ0n) is 9.26. The van der Waals surface area contributed by atoms with Crippen molar-refractivity contribution in [3.63, 3.8) is 0 Å². The third-order valence-electron chi connectivity index (χ3n) is 2.65. The molecule has 0 spiro atoms. The Hall–Kier alpha value is -0.720. The molecule has 1 fully saturated rings. The first kappa shape index (κ1) is 12.7. The van der Waals surface area contributed by atoms with E-state index in [0.29, 0.717) is 21.9 Å². The van der Waals surface area contributed by atoms with Crippen LogP contribution in [0.1, 0.15) is 28.1 Å². The molecule has 2 unspecified atom stereocenters. The Morgan fingerprint density at radius 3 is 3.12 bits per heavy atom. The molecule has 94 valence electrons. The van der Waals surface area contributed by atoms with Gasteiger partial charge in [-0.15, -0.1) is 11.3 Å². The van der Waals surface area contributed by atoms with E-state index in [1.54, 1.807) is 11.4 Å². The van der Waals surface area contributed by atoms with Crippen molar-refractivity contribution in [2.75, 3.05) is 12.4 Å². The fourth-order valence-electron chi connectivity index (χ4n) is 1.85. The zero-order valence-corrected chi connectivity index (χ0v) is 10.9. The van der Waals surface area contributed by atoms with Crippen LogP contribution in [-0.2, 0) is 21.3 Å². The number of hydrogen-bond donors (Lipinski definition) is 1.